The molecule has 0 aliphatic heterocycles. The molecule has 180 valence electrons. The Bertz CT molecular complexity index is 1320. The van der Waals surface area contributed by atoms with Crippen LogP contribution in [-0.2, 0) is 22.9 Å². The van der Waals surface area contributed by atoms with Gasteiger partial charge >= 0.3 is 5.76 Å². The monoisotopic (exact) mass is 487 g/mol. The van der Waals surface area contributed by atoms with Gasteiger partial charge in [-0.2, -0.15) is 8.78 Å². The van der Waals surface area contributed by atoms with E-state index in [4.69, 9.17) is 0 Å². The number of sulfonamides is 1. The van der Waals surface area contributed by atoms with Crippen LogP contribution in [0.1, 0.15) is 49.0 Å². The molecule has 1 aromatic heterocycles. The number of alkyl halides is 2. The third-order valence-electron chi connectivity index (χ3n) is 6.26. The number of aromatic nitrogens is 2. The van der Waals surface area contributed by atoms with Crippen LogP contribution in [0.25, 0.3) is 11.1 Å². The minimum atomic E-state index is -4.83. The van der Waals surface area contributed by atoms with E-state index in [9.17, 15) is 22.0 Å². The molecule has 0 saturated carbocycles. The molecule has 6 nitrogen and oxygen atoms in total. The van der Waals surface area contributed by atoms with Crippen LogP contribution in [0.3, 0.4) is 0 Å². The van der Waals surface area contributed by atoms with E-state index in [0.717, 1.165) is 16.7 Å². The van der Waals surface area contributed by atoms with E-state index in [2.05, 4.69) is 9.71 Å². The summed E-state index contributed by atoms with van der Waals surface area (Å²) in [6, 6.07) is 16.5. The Morgan fingerprint density at radius 2 is 1.79 bits per heavy atom. The number of nitrogens with zero attached hydrogens (tertiary/aromatic N) is 2. The van der Waals surface area contributed by atoms with Gasteiger partial charge in [0.25, 0.3) is 15.6 Å². The first kappa shape index (κ1) is 24.2. The van der Waals surface area contributed by atoms with Crippen LogP contribution >= 0.6 is 0 Å². The highest BCUT2D eigenvalue weighted by molar-refractivity contribution is 7.89. The summed E-state index contributed by atoms with van der Waals surface area (Å²) in [6.45, 7) is 3.71. The number of hydrogen-bond donors (Lipinski definition) is 1. The summed E-state index contributed by atoms with van der Waals surface area (Å²) < 4.78 is 54.1. The average molecular weight is 488 g/mol. The molecule has 0 unspecified atom stereocenters. The number of fused-ring (bicyclic) bond motifs is 1. The van der Waals surface area contributed by atoms with Crippen LogP contribution < -0.4 is 10.3 Å². The Kier molecular flexibility index (Phi) is 6.95. The molecule has 0 spiro atoms. The van der Waals surface area contributed by atoms with E-state index in [-0.39, 0.29) is 18.0 Å². The second-order valence-corrected chi connectivity index (χ2v) is 10.5. The number of aryl methyl sites for hydroxylation is 1. The maximum absolute atomic E-state index is 13.4. The molecule has 1 aliphatic carbocycles. The third-order valence-corrected chi connectivity index (χ3v) is 7.36. The number of rotatable bonds is 7. The van der Waals surface area contributed by atoms with Gasteiger partial charge < -0.3 is 0 Å². The lowest BCUT2D eigenvalue weighted by Gasteiger charge is -2.33. The van der Waals surface area contributed by atoms with Gasteiger partial charge in [-0.25, -0.2) is 18.1 Å². The van der Waals surface area contributed by atoms with Gasteiger partial charge in [0.15, 0.2) is 0 Å². The summed E-state index contributed by atoms with van der Waals surface area (Å²) in [5, 5.41) is 0. The van der Waals surface area contributed by atoms with Crippen molar-refractivity contribution < 1.29 is 17.2 Å². The molecule has 0 fully saturated rings. The molecule has 9 heteroatoms. The van der Waals surface area contributed by atoms with Gasteiger partial charge in [0.2, 0.25) is 0 Å². The Hall–Kier alpha value is -2.91. The zero-order valence-electron chi connectivity index (χ0n) is 19.0. The quantitative estimate of drug-likeness (QED) is 0.540. The summed E-state index contributed by atoms with van der Waals surface area (Å²) in [5.74, 6) is -4.17. The van der Waals surface area contributed by atoms with Crippen molar-refractivity contribution in [3.05, 3.63) is 88.1 Å². The van der Waals surface area contributed by atoms with E-state index in [1.807, 2.05) is 68.4 Å². The zero-order chi connectivity index (χ0) is 24.5. The maximum atomic E-state index is 13.4. The Balaban J connectivity index is 1.78. The molecule has 34 heavy (non-hydrogen) atoms. The normalized spacial score (nSPS) is 18.3. The minimum Gasteiger partial charge on any atom is -0.296 e. The fourth-order valence-electron chi connectivity index (χ4n) is 4.56. The molecule has 1 N–H and O–H groups in total. The predicted octanol–water partition coefficient (Wildman–Crippen LogP) is 4.27. The minimum absolute atomic E-state index is 0.148. The molecule has 0 amide bonds. The highest BCUT2D eigenvalue weighted by atomic mass is 32.2. The van der Waals surface area contributed by atoms with Crippen molar-refractivity contribution in [1.82, 2.24) is 14.3 Å². The first-order valence-corrected chi connectivity index (χ1v) is 12.8. The average Bonchev–Trinajstić information content (AvgIpc) is 2.81. The molecule has 1 heterocycles. The lowest BCUT2D eigenvalue weighted by Crippen LogP contribution is -2.47. The molecule has 0 bridgehead atoms. The zero-order valence-corrected chi connectivity index (χ0v) is 19.8. The van der Waals surface area contributed by atoms with Crippen LogP contribution in [0.15, 0.2) is 65.7 Å². The van der Waals surface area contributed by atoms with Gasteiger partial charge in [-0.05, 0) is 49.8 Å². The van der Waals surface area contributed by atoms with Gasteiger partial charge in [0.1, 0.15) is 0 Å². The topological polar surface area (TPSA) is 81.1 Å². The summed E-state index contributed by atoms with van der Waals surface area (Å²) >= 11 is 0. The Morgan fingerprint density at radius 1 is 1.09 bits per heavy atom. The van der Waals surface area contributed by atoms with Crippen LogP contribution in [0.4, 0.5) is 8.78 Å². The van der Waals surface area contributed by atoms with Crippen LogP contribution in [0, 0.1) is 0 Å². The number of nitrogens with one attached hydrogen (secondary N) is 1. The van der Waals surface area contributed by atoms with Gasteiger partial charge in [-0.1, -0.05) is 54.6 Å². The summed E-state index contributed by atoms with van der Waals surface area (Å²) in [7, 11) is -4.83. The Labute approximate surface area is 197 Å². The molecule has 2 aromatic carbocycles. The number of halogens is 2. The van der Waals surface area contributed by atoms with E-state index in [0.29, 0.717) is 24.1 Å². The van der Waals surface area contributed by atoms with Crippen molar-refractivity contribution in [2.45, 2.75) is 56.9 Å². The van der Waals surface area contributed by atoms with Crippen molar-refractivity contribution in [1.29, 1.82) is 0 Å². The van der Waals surface area contributed by atoms with Gasteiger partial charge in [0, 0.05) is 23.6 Å². The summed E-state index contributed by atoms with van der Waals surface area (Å²) in [6.07, 6.45) is 2.42. The fraction of sp³-hybridized carbons (Fsp3) is 0.360. The van der Waals surface area contributed by atoms with Gasteiger partial charge in [0.05, 0.1) is 12.0 Å². The third kappa shape index (κ3) is 4.95. The number of hydrogen-bond acceptors (Lipinski definition) is 4. The molecule has 3 aromatic rings. The SMILES string of the molecule is CC(C)n1cnc2c(c1=O)[C@H](Cc1cccc(-c3ccccc3)c1)[C@H](NS(=O)(=O)C(F)F)CC2. The van der Waals surface area contributed by atoms with Crippen molar-refractivity contribution in [3.8, 4) is 11.1 Å². The van der Waals surface area contributed by atoms with Crippen LogP contribution in [-0.4, -0.2) is 29.8 Å². The van der Waals surface area contributed by atoms with Gasteiger partial charge in [-0.15, -0.1) is 0 Å². The van der Waals surface area contributed by atoms with E-state index >= 15 is 0 Å². The lowest BCUT2D eigenvalue weighted by molar-refractivity contribution is 0.230. The number of benzene rings is 2. The predicted molar refractivity (Wildman–Crippen MR) is 127 cm³/mol. The molecule has 0 saturated heterocycles. The Morgan fingerprint density at radius 3 is 2.47 bits per heavy atom. The smallest absolute Gasteiger partial charge is 0.296 e. The van der Waals surface area contributed by atoms with E-state index in [1.165, 1.54) is 10.9 Å². The molecule has 4 rings (SSSR count). The molecule has 1 aliphatic rings. The standard InChI is InChI=1S/C25H27F2N3O3S/c1-16(2)30-15-28-22-12-11-21(29-34(32,33)25(26)27)20(23(22)24(30)31)14-17-7-6-10-19(13-17)18-8-4-3-5-9-18/h3-10,13,15-16,20-21,25,29H,11-12,14H2,1-2H3/t20-,21-/m1/s1. The van der Waals surface area contributed by atoms with Crippen molar-refractivity contribution in [2.75, 3.05) is 0 Å². The van der Waals surface area contributed by atoms with E-state index < -0.39 is 27.7 Å². The van der Waals surface area contributed by atoms with Crippen LogP contribution in [0.5, 0.6) is 0 Å². The molecule has 0 radical (unpaired) electrons. The summed E-state index contributed by atoms with van der Waals surface area (Å²) in [5.41, 5.74) is 3.61. The molecule has 2 atom stereocenters. The maximum Gasteiger partial charge on any atom is 0.350 e. The second-order valence-electron chi connectivity index (χ2n) is 8.86. The van der Waals surface area contributed by atoms with Crippen LogP contribution in [0.2, 0.25) is 0 Å². The van der Waals surface area contributed by atoms with Crippen molar-refractivity contribution in [2.24, 2.45) is 0 Å². The molecular weight excluding hydrogens is 460 g/mol. The van der Waals surface area contributed by atoms with E-state index in [1.54, 1.807) is 0 Å². The fourth-order valence-corrected chi connectivity index (χ4v) is 5.37. The highest BCUT2D eigenvalue weighted by Crippen LogP contribution is 2.33. The summed E-state index contributed by atoms with van der Waals surface area (Å²) in [4.78, 5) is 17.8. The lowest BCUT2D eigenvalue weighted by atomic mass is 9.78. The first-order valence-electron chi connectivity index (χ1n) is 11.2. The molecular formula is C25H27F2N3O3S. The second kappa shape index (κ2) is 9.76. The van der Waals surface area contributed by atoms with Gasteiger partial charge in [-0.3, -0.25) is 9.36 Å². The highest BCUT2D eigenvalue weighted by Gasteiger charge is 2.38. The van der Waals surface area contributed by atoms with Crippen molar-refractivity contribution in [3.63, 3.8) is 0 Å². The largest absolute Gasteiger partial charge is 0.350 e. The first-order chi connectivity index (χ1) is 16.2. The van der Waals surface area contributed by atoms with Crippen molar-refractivity contribution >= 4 is 10.0 Å².